The van der Waals surface area contributed by atoms with Crippen LogP contribution >= 0.6 is 12.2 Å². The summed E-state index contributed by atoms with van der Waals surface area (Å²) < 4.78 is 1.78. The highest BCUT2D eigenvalue weighted by molar-refractivity contribution is 7.80. The number of hydrogen-bond donors (Lipinski definition) is 1. The molecule has 1 aliphatic heterocycles. The molecule has 1 amide bonds. The molecule has 0 bridgehead atoms. The van der Waals surface area contributed by atoms with Crippen molar-refractivity contribution in [1.82, 2.24) is 20.0 Å². The standard InChI is InChI=1S/C13H18N4OS/c1-4-5-6-17-12(18)11(14-13(17)19)8-10-7-9(2)16(3)15-10/h7-8H,4-6H2,1-3H3,(H,14,19)/b11-8-. The van der Waals surface area contributed by atoms with E-state index in [4.69, 9.17) is 12.2 Å². The van der Waals surface area contributed by atoms with Gasteiger partial charge in [-0.3, -0.25) is 14.4 Å². The lowest BCUT2D eigenvalue weighted by Gasteiger charge is -2.12. The summed E-state index contributed by atoms with van der Waals surface area (Å²) in [6.45, 7) is 4.72. The molecule has 1 N–H and O–H groups in total. The van der Waals surface area contributed by atoms with Crippen LogP contribution in [0.25, 0.3) is 6.08 Å². The molecule has 0 saturated carbocycles. The van der Waals surface area contributed by atoms with Gasteiger partial charge in [0.2, 0.25) is 0 Å². The molecule has 2 heterocycles. The minimum absolute atomic E-state index is 0.0678. The number of carbonyl (C=O) groups excluding carboxylic acids is 1. The van der Waals surface area contributed by atoms with E-state index in [2.05, 4.69) is 17.3 Å². The summed E-state index contributed by atoms with van der Waals surface area (Å²) in [6.07, 6.45) is 3.72. The number of aryl methyl sites for hydroxylation is 2. The Morgan fingerprint density at radius 2 is 2.26 bits per heavy atom. The Morgan fingerprint density at radius 1 is 1.53 bits per heavy atom. The normalized spacial score (nSPS) is 17.4. The van der Waals surface area contributed by atoms with Crippen molar-refractivity contribution in [3.05, 3.63) is 23.2 Å². The Hall–Kier alpha value is -1.69. The Morgan fingerprint density at radius 3 is 2.84 bits per heavy atom. The molecule has 0 unspecified atom stereocenters. The molecule has 2 rings (SSSR count). The van der Waals surface area contributed by atoms with E-state index in [1.54, 1.807) is 15.7 Å². The van der Waals surface area contributed by atoms with Gasteiger partial charge in [0, 0.05) is 19.3 Å². The first-order chi connectivity index (χ1) is 9.02. The van der Waals surface area contributed by atoms with Crippen LogP contribution in [0, 0.1) is 6.92 Å². The van der Waals surface area contributed by atoms with Crippen molar-refractivity contribution >= 4 is 29.3 Å². The number of hydrogen-bond acceptors (Lipinski definition) is 3. The van der Waals surface area contributed by atoms with E-state index in [1.807, 2.05) is 20.0 Å². The van der Waals surface area contributed by atoms with Crippen LogP contribution in [0.3, 0.4) is 0 Å². The fourth-order valence-electron chi connectivity index (χ4n) is 1.90. The second-order valence-electron chi connectivity index (χ2n) is 4.63. The van der Waals surface area contributed by atoms with E-state index >= 15 is 0 Å². The lowest BCUT2D eigenvalue weighted by Crippen LogP contribution is -2.31. The Bertz CT molecular complexity index is 527. The summed E-state index contributed by atoms with van der Waals surface area (Å²) in [7, 11) is 1.87. The van der Waals surface area contributed by atoms with Crippen molar-refractivity contribution in [3.8, 4) is 0 Å². The van der Waals surface area contributed by atoms with Gasteiger partial charge in [0.05, 0.1) is 5.69 Å². The molecule has 0 radical (unpaired) electrons. The topological polar surface area (TPSA) is 50.2 Å². The quantitative estimate of drug-likeness (QED) is 0.671. The van der Waals surface area contributed by atoms with E-state index in [0.29, 0.717) is 17.4 Å². The summed E-state index contributed by atoms with van der Waals surface area (Å²) >= 11 is 5.18. The molecular formula is C13H18N4OS. The average molecular weight is 278 g/mol. The van der Waals surface area contributed by atoms with Crippen molar-refractivity contribution in [2.45, 2.75) is 26.7 Å². The molecule has 102 valence electrons. The fraction of sp³-hybridized carbons (Fsp3) is 0.462. The number of unbranched alkanes of at least 4 members (excludes halogenated alkanes) is 1. The van der Waals surface area contributed by atoms with Gasteiger partial charge < -0.3 is 5.32 Å². The van der Waals surface area contributed by atoms with Crippen LogP contribution in [-0.4, -0.2) is 32.2 Å². The molecule has 1 aromatic heterocycles. The molecule has 1 aliphatic rings. The van der Waals surface area contributed by atoms with Crippen LogP contribution in [0.4, 0.5) is 0 Å². The summed E-state index contributed by atoms with van der Waals surface area (Å²) in [5, 5.41) is 7.75. The van der Waals surface area contributed by atoms with Crippen molar-refractivity contribution < 1.29 is 4.79 Å². The molecular weight excluding hydrogens is 260 g/mol. The maximum absolute atomic E-state index is 12.2. The third kappa shape index (κ3) is 2.84. The maximum atomic E-state index is 12.2. The zero-order valence-corrected chi connectivity index (χ0v) is 12.3. The van der Waals surface area contributed by atoms with Crippen LogP contribution < -0.4 is 5.32 Å². The van der Waals surface area contributed by atoms with Crippen LogP contribution in [0.5, 0.6) is 0 Å². The zero-order chi connectivity index (χ0) is 14.0. The average Bonchev–Trinajstić information content (AvgIpc) is 2.80. The third-order valence-corrected chi connectivity index (χ3v) is 3.44. The SMILES string of the molecule is CCCCN1C(=O)/C(=C/c2cc(C)n(C)n2)NC1=S. The molecule has 1 aromatic rings. The van der Waals surface area contributed by atoms with Crippen LogP contribution in [0.2, 0.25) is 0 Å². The number of carbonyl (C=O) groups is 1. The summed E-state index contributed by atoms with van der Waals surface area (Å²) in [5.74, 6) is -0.0678. The van der Waals surface area contributed by atoms with Gasteiger partial charge >= 0.3 is 0 Å². The summed E-state index contributed by atoms with van der Waals surface area (Å²) in [5.41, 5.74) is 2.30. The first kappa shape index (κ1) is 13.7. The molecule has 0 spiro atoms. The van der Waals surface area contributed by atoms with Crippen molar-refractivity contribution in [1.29, 1.82) is 0 Å². The molecule has 6 heteroatoms. The number of amides is 1. The van der Waals surface area contributed by atoms with Crippen molar-refractivity contribution in [2.75, 3.05) is 6.54 Å². The summed E-state index contributed by atoms with van der Waals surface area (Å²) in [4.78, 5) is 13.8. The largest absolute Gasteiger partial charge is 0.328 e. The lowest BCUT2D eigenvalue weighted by molar-refractivity contribution is -0.122. The minimum Gasteiger partial charge on any atom is -0.328 e. The molecule has 1 saturated heterocycles. The highest BCUT2D eigenvalue weighted by atomic mass is 32.1. The number of thiocarbonyl (C=S) groups is 1. The van der Waals surface area contributed by atoms with E-state index in [9.17, 15) is 4.79 Å². The summed E-state index contributed by atoms with van der Waals surface area (Å²) in [6, 6.07) is 1.93. The molecule has 0 atom stereocenters. The predicted octanol–water partition coefficient (Wildman–Crippen LogP) is 1.59. The van der Waals surface area contributed by atoms with Gasteiger partial charge in [-0.25, -0.2) is 0 Å². The van der Waals surface area contributed by atoms with Gasteiger partial charge in [-0.15, -0.1) is 0 Å². The van der Waals surface area contributed by atoms with Crippen molar-refractivity contribution in [3.63, 3.8) is 0 Å². The molecule has 0 aliphatic carbocycles. The number of nitrogens with one attached hydrogen (secondary N) is 1. The minimum atomic E-state index is -0.0678. The molecule has 19 heavy (non-hydrogen) atoms. The molecule has 1 fully saturated rings. The Labute approximate surface area is 118 Å². The van der Waals surface area contributed by atoms with Gasteiger partial charge in [0.1, 0.15) is 5.70 Å². The molecule has 5 nitrogen and oxygen atoms in total. The van der Waals surface area contributed by atoms with Gasteiger partial charge in [-0.05, 0) is 37.7 Å². The van der Waals surface area contributed by atoms with Crippen LogP contribution in [-0.2, 0) is 11.8 Å². The Balaban J connectivity index is 2.18. The third-order valence-electron chi connectivity index (χ3n) is 3.12. The smallest absolute Gasteiger partial charge is 0.276 e. The first-order valence-corrected chi connectivity index (χ1v) is 6.79. The predicted molar refractivity (Wildman–Crippen MR) is 78.3 cm³/mol. The van der Waals surface area contributed by atoms with Gasteiger partial charge in [0.25, 0.3) is 5.91 Å². The zero-order valence-electron chi connectivity index (χ0n) is 11.4. The van der Waals surface area contributed by atoms with E-state index in [0.717, 1.165) is 24.2 Å². The highest BCUT2D eigenvalue weighted by Gasteiger charge is 2.30. The van der Waals surface area contributed by atoms with E-state index in [1.165, 1.54) is 0 Å². The van der Waals surface area contributed by atoms with Crippen LogP contribution in [0.1, 0.15) is 31.2 Å². The second kappa shape index (κ2) is 5.52. The van der Waals surface area contributed by atoms with Gasteiger partial charge in [-0.1, -0.05) is 13.3 Å². The second-order valence-corrected chi connectivity index (χ2v) is 5.02. The monoisotopic (exact) mass is 278 g/mol. The highest BCUT2D eigenvalue weighted by Crippen LogP contribution is 2.14. The van der Waals surface area contributed by atoms with Gasteiger partial charge in [-0.2, -0.15) is 5.10 Å². The fourth-order valence-corrected chi connectivity index (χ4v) is 2.18. The number of aromatic nitrogens is 2. The van der Waals surface area contributed by atoms with Gasteiger partial charge in [0.15, 0.2) is 5.11 Å². The van der Waals surface area contributed by atoms with E-state index < -0.39 is 0 Å². The number of nitrogens with zero attached hydrogens (tertiary/aromatic N) is 3. The molecule has 0 aromatic carbocycles. The van der Waals surface area contributed by atoms with Crippen molar-refractivity contribution in [2.24, 2.45) is 7.05 Å². The lowest BCUT2D eigenvalue weighted by atomic mass is 10.3. The van der Waals surface area contributed by atoms with Crippen LogP contribution in [0.15, 0.2) is 11.8 Å². The Kier molecular flexibility index (Phi) is 3.99. The number of rotatable bonds is 4. The maximum Gasteiger partial charge on any atom is 0.276 e. The van der Waals surface area contributed by atoms with E-state index in [-0.39, 0.29) is 5.91 Å². The first-order valence-electron chi connectivity index (χ1n) is 6.38.